The molecule has 1 nitrogen and oxygen atoms in total. The minimum Gasteiger partial charge on any atom is -0.276 e. The molecule has 0 N–H and O–H groups in total. The number of hydrogen-bond donors (Lipinski definition) is 0. The van der Waals surface area contributed by atoms with E-state index in [1.165, 1.54) is 6.07 Å². The lowest BCUT2D eigenvalue weighted by molar-refractivity contribution is 0.108. The van der Waals surface area contributed by atoms with E-state index in [0.717, 1.165) is 0 Å². The molecule has 0 unspecified atom stereocenters. The molecule has 0 saturated carbocycles. The topological polar surface area (TPSA) is 17.1 Å². The molecule has 0 amide bonds. The summed E-state index contributed by atoms with van der Waals surface area (Å²) in [5.41, 5.74) is 1.59. The van der Waals surface area contributed by atoms with E-state index in [4.69, 9.17) is 58.0 Å². The third kappa shape index (κ3) is 3.01. The zero-order valence-electron chi connectivity index (χ0n) is 9.18. The smallest absolute Gasteiger partial charge is 0.252 e. The molecule has 98 valence electrons. The van der Waals surface area contributed by atoms with E-state index in [-0.39, 0.29) is 5.02 Å². The van der Waals surface area contributed by atoms with Crippen molar-refractivity contribution >= 4 is 63.2 Å². The zero-order chi connectivity index (χ0) is 14.2. The Bertz CT molecular complexity index is 666. The molecule has 6 heteroatoms. The molecule has 0 aromatic heterocycles. The van der Waals surface area contributed by atoms with E-state index in [2.05, 4.69) is 0 Å². The average Bonchev–Trinajstić information content (AvgIpc) is 2.37. The highest BCUT2D eigenvalue weighted by Crippen LogP contribution is 2.40. The fourth-order valence-corrected chi connectivity index (χ4v) is 2.63. The summed E-state index contributed by atoms with van der Waals surface area (Å²) in [4.78, 5) is 11.1. The van der Waals surface area contributed by atoms with Gasteiger partial charge in [-0.15, -0.1) is 0 Å². The van der Waals surface area contributed by atoms with Crippen LogP contribution in [0.1, 0.15) is 10.4 Å². The quantitative estimate of drug-likeness (QED) is 0.454. The fraction of sp³-hybridized carbons (Fsp3) is 0. The summed E-state index contributed by atoms with van der Waals surface area (Å²) >= 11 is 29.5. The number of rotatable bonds is 2. The summed E-state index contributed by atoms with van der Waals surface area (Å²) in [6.45, 7) is 0. The summed E-state index contributed by atoms with van der Waals surface area (Å²) in [6.07, 6.45) is 0. The summed E-state index contributed by atoms with van der Waals surface area (Å²) in [5.74, 6) is 0. The van der Waals surface area contributed by atoms with Gasteiger partial charge >= 0.3 is 0 Å². The second-order valence-corrected chi connectivity index (χ2v) is 5.60. The number of halogens is 5. The lowest BCUT2D eigenvalue weighted by Gasteiger charge is -2.10. The highest BCUT2D eigenvalue weighted by atomic mass is 35.5. The first-order chi connectivity index (χ1) is 8.91. The number of benzene rings is 2. The van der Waals surface area contributed by atoms with Crippen LogP contribution >= 0.6 is 58.0 Å². The van der Waals surface area contributed by atoms with Gasteiger partial charge in [0.15, 0.2) is 0 Å². The average molecular weight is 354 g/mol. The van der Waals surface area contributed by atoms with Crippen LogP contribution in [0.2, 0.25) is 20.1 Å². The lowest BCUT2D eigenvalue weighted by atomic mass is 10.0. The van der Waals surface area contributed by atoms with Crippen molar-refractivity contribution < 1.29 is 4.79 Å². The van der Waals surface area contributed by atoms with Gasteiger partial charge in [-0.3, -0.25) is 4.79 Å². The third-order valence-electron chi connectivity index (χ3n) is 2.52. The van der Waals surface area contributed by atoms with Gasteiger partial charge in [0, 0.05) is 21.7 Å². The van der Waals surface area contributed by atoms with Crippen molar-refractivity contribution in [2.75, 3.05) is 0 Å². The van der Waals surface area contributed by atoms with E-state index >= 15 is 0 Å². The van der Waals surface area contributed by atoms with Gasteiger partial charge < -0.3 is 0 Å². The Morgan fingerprint density at radius 2 is 1.42 bits per heavy atom. The second-order valence-electron chi connectivity index (χ2n) is 3.69. The maximum atomic E-state index is 11.1. The van der Waals surface area contributed by atoms with Crippen molar-refractivity contribution in [2.45, 2.75) is 0 Å². The van der Waals surface area contributed by atoms with Crippen molar-refractivity contribution in [1.82, 2.24) is 0 Å². The van der Waals surface area contributed by atoms with Crippen LogP contribution < -0.4 is 0 Å². The zero-order valence-corrected chi connectivity index (χ0v) is 13.0. The van der Waals surface area contributed by atoms with Crippen molar-refractivity contribution in [2.24, 2.45) is 0 Å². The standard InChI is InChI=1S/C13H5Cl5O/c14-9-4-3-8(11(16)12(9)17)7-2-1-6(13(18)19)5-10(7)15/h1-5H. The molecule has 19 heavy (non-hydrogen) atoms. The molecule has 0 aliphatic carbocycles. The van der Waals surface area contributed by atoms with Crippen LogP contribution in [-0.4, -0.2) is 5.24 Å². The van der Waals surface area contributed by atoms with Crippen LogP contribution in [0.15, 0.2) is 30.3 Å². The van der Waals surface area contributed by atoms with E-state index < -0.39 is 5.24 Å². The van der Waals surface area contributed by atoms with Gasteiger partial charge in [0.2, 0.25) is 0 Å². The molecule has 2 aromatic carbocycles. The normalized spacial score (nSPS) is 10.6. The van der Waals surface area contributed by atoms with E-state index in [9.17, 15) is 4.79 Å². The maximum absolute atomic E-state index is 11.1. The lowest BCUT2D eigenvalue weighted by Crippen LogP contribution is -1.90. The minimum absolute atomic E-state index is 0.259. The molecule has 2 rings (SSSR count). The molecule has 0 spiro atoms. The Morgan fingerprint density at radius 1 is 0.789 bits per heavy atom. The molecule has 2 aromatic rings. The summed E-state index contributed by atoms with van der Waals surface area (Å²) < 4.78 is 0. The summed E-state index contributed by atoms with van der Waals surface area (Å²) in [7, 11) is 0. The van der Waals surface area contributed by atoms with Gasteiger partial charge in [0.05, 0.1) is 15.1 Å². The van der Waals surface area contributed by atoms with Gasteiger partial charge in [0.1, 0.15) is 0 Å². The van der Waals surface area contributed by atoms with Gasteiger partial charge in [-0.2, -0.15) is 0 Å². The molecule has 0 fully saturated rings. The molecule has 0 radical (unpaired) electrons. The Morgan fingerprint density at radius 3 is 2.00 bits per heavy atom. The first-order valence-electron chi connectivity index (χ1n) is 5.05. The third-order valence-corrected chi connectivity index (χ3v) is 4.35. The Kier molecular flexibility index (Phi) is 4.65. The second kappa shape index (κ2) is 5.90. The number of hydrogen-bond acceptors (Lipinski definition) is 1. The molecule has 0 saturated heterocycles. The first kappa shape index (κ1) is 15.0. The van der Waals surface area contributed by atoms with Crippen LogP contribution in [-0.2, 0) is 0 Å². The fourth-order valence-electron chi connectivity index (χ4n) is 1.59. The summed E-state index contributed by atoms with van der Waals surface area (Å²) in [5, 5.41) is 0.704. The van der Waals surface area contributed by atoms with Crippen molar-refractivity contribution in [1.29, 1.82) is 0 Å². The predicted octanol–water partition coefficient (Wildman–Crippen LogP) is 6.35. The van der Waals surface area contributed by atoms with Gasteiger partial charge in [0.25, 0.3) is 5.24 Å². The molecular weight excluding hydrogens is 349 g/mol. The highest BCUT2D eigenvalue weighted by Gasteiger charge is 2.14. The molecule has 0 heterocycles. The van der Waals surface area contributed by atoms with Crippen molar-refractivity contribution in [3.63, 3.8) is 0 Å². The van der Waals surface area contributed by atoms with Crippen LogP contribution in [0.4, 0.5) is 0 Å². The molecule has 0 aliphatic heterocycles. The largest absolute Gasteiger partial charge is 0.276 e. The molecule has 0 aliphatic rings. The maximum Gasteiger partial charge on any atom is 0.252 e. The molecule has 0 atom stereocenters. The van der Waals surface area contributed by atoms with E-state index in [0.29, 0.717) is 31.8 Å². The van der Waals surface area contributed by atoms with Gasteiger partial charge in [-0.05, 0) is 29.8 Å². The first-order valence-corrected chi connectivity index (χ1v) is 6.94. The van der Waals surface area contributed by atoms with Gasteiger partial charge in [-0.25, -0.2) is 0 Å². The van der Waals surface area contributed by atoms with Crippen molar-refractivity contribution in [3.8, 4) is 11.1 Å². The summed E-state index contributed by atoms with van der Waals surface area (Å²) in [6, 6.07) is 8.03. The van der Waals surface area contributed by atoms with Crippen LogP contribution in [0.3, 0.4) is 0 Å². The minimum atomic E-state index is -0.575. The Balaban J connectivity index is 2.60. The van der Waals surface area contributed by atoms with E-state index in [1.54, 1.807) is 24.3 Å². The van der Waals surface area contributed by atoms with Crippen LogP contribution in [0.5, 0.6) is 0 Å². The number of carbonyl (C=O) groups is 1. The molecule has 0 bridgehead atoms. The predicted molar refractivity (Wildman–Crippen MR) is 82.1 cm³/mol. The Labute approximate surface area is 135 Å². The SMILES string of the molecule is O=C(Cl)c1ccc(-c2ccc(Cl)c(Cl)c2Cl)c(Cl)c1. The highest BCUT2D eigenvalue weighted by molar-refractivity contribution is 6.67. The monoisotopic (exact) mass is 352 g/mol. The number of carbonyl (C=O) groups excluding carboxylic acids is 1. The van der Waals surface area contributed by atoms with E-state index in [1.807, 2.05) is 0 Å². The van der Waals surface area contributed by atoms with Crippen LogP contribution in [0.25, 0.3) is 11.1 Å². The van der Waals surface area contributed by atoms with Crippen LogP contribution in [0, 0.1) is 0 Å². The Hall–Kier alpha value is -0.440. The molecular formula is C13H5Cl5O. The van der Waals surface area contributed by atoms with Gasteiger partial charge in [-0.1, -0.05) is 58.5 Å². The van der Waals surface area contributed by atoms with Crippen molar-refractivity contribution in [3.05, 3.63) is 56.0 Å².